The number of carboxylic acids is 1. The fourth-order valence-corrected chi connectivity index (χ4v) is 4.26. The quantitative estimate of drug-likeness (QED) is 0.115. The number of aliphatic carboxylic acids is 1. The molecule has 0 radical (unpaired) electrons. The van der Waals surface area contributed by atoms with Gasteiger partial charge < -0.3 is 14.0 Å². The van der Waals surface area contributed by atoms with E-state index in [0.29, 0.717) is 22.5 Å². The molecule has 0 aliphatic rings. The van der Waals surface area contributed by atoms with Crippen LogP contribution >= 0.6 is 0 Å². The van der Waals surface area contributed by atoms with Crippen LogP contribution in [0, 0.1) is 28.8 Å². The molecule has 0 saturated carbocycles. The first-order chi connectivity index (χ1) is 19.7. The van der Waals surface area contributed by atoms with Gasteiger partial charge >= 0.3 is 5.97 Å². The van der Waals surface area contributed by atoms with Crippen LogP contribution in [0.4, 0.5) is 10.1 Å². The first-order valence-corrected chi connectivity index (χ1v) is 12.5. The van der Waals surface area contributed by atoms with Crippen LogP contribution in [0.5, 0.6) is 0 Å². The summed E-state index contributed by atoms with van der Waals surface area (Å²) >= 11 is 0. The van der Waals surface area contributed by atoms with Crippen LogP contribution < -0.4 is 0 Å². The van der Waals surface area contributed by atoms with Gasteiger partial charge in [-0.1, -0.05) is 28.9 Å². The number of Topliss-reactive ketones (excluding diaryl/α,β-unsaturated/α-hetero) is 1. The second kappa shape index (κ2) is 11.3. The van der Waals surface area contributed by atoms with Gasteiger partial charge in [-0.05, 0) is 67.4 Å². The topological polar surface area (TPSA) is 150 Å². The van der Waals surface area contributed by atoms with Crippen molar-refractivity contribution in [2.24, 2.45) is 5.92 Å². The number of nitro groups is 1. The molecule has 0 saturated heterocycles. The van der Waals surface area contributed by atoms with Crippen molar-refractivity contribution in [2.75, 3.05) is 0 Å². The number of benzene rings is 3. The normalized spacial score (nSPS) is 11.8. The fraction of sp³-hybridized carbons (Fsp3) is 0.133. The van der Waals surface area contributed by atoms with Gasteiger partial charge in [-0.25, -0.2) is 4.39 Å². The van der Waals surface area contributed by atoms with Gasteiger partial charge in [-0.3, -0.25) is 19.7 Å². The Hall–Kier alpha value is -5.45. The van der Waals surface area contributed by atoms with E-state index in [-0.39, 0.29) is 41.6 Å². The molecule has 0 spiro atoms. The van der Waals surface area contributed by atoms with Crippen LogP contribution in [0.25, 0.3) is 34.2 Å². The van der Waals surface area contributed by atoms with E-state index < -0.39 is 28.4 Å². The second-order valence-corrected chi connectivity index (χ2v) is 9.44. The molecule has 206 valence electrons. The highest BCUT2D eigenvalue weighted by Crippen LogP contribution is 2.28. The maximum atomic E-state index is 15.0. The largest absolute Gasteiger partial charge is 0.481 e. The van der Waals surface area contributed by atoms with Crippen LogP contribution in [0.2, 0.25) is 0 Å². The van der Waals surface area contributed by atoms with E-state index in [4.69, 9.17) is 8.94 Å². The van der Waals surface area contributed by atoms with Crippen LogP contribution in [0.1, 0.15) is 28.1 Å². The van der Waals surface area contributed by atoms with E-state index in [1.54, 1.807) is 6.07 Å². The molecule has 0 aliphatic carbocycles. The molecule has 0 amide bonds. The first-order valence-electron chi connectivity index (χ1n) is 12.5. The minimum absolute atomic E-state index is 0.0485. The number of carbonyl (C=O) groups excluding carboxylic acids is 1. The van der Waals surface area contributed by atoms with E-state index in [0.717, 1.165) is 5.56 Å². The lowest BCUT2D eigenvalue weighted by atomic mass is 9.93. The van der Waals surface area contributed by atoms with Gasteiger partial charge in [-0.2, -0.15) is 4.98 Å². The molecular formula is C30H22FN3O7. The van der Waals surface area contributed by atoms with E-state index in [1.807, 2.05) is 31.2 Å². The SMILES string of the molecule is Cc1ccc(-c2nc(-c3ccc(CC(CC(=O)c4ccc(-c5ccc([N+](=O)[O-])cc5)o4)C(=O)O)cc3F)no2)cc1. The number of rotatable bonds is 10. The molecule has 5 aromatic rings. The molecule has 2 aromatic heterocycles. The zero-order valence-electron chi connectivity index (χ0n) is 21.6. The number of carbonyl (C=O) groups is 2. The Morgan fingerprint density at radius 2 is 1.71 bits per heavy atom. The lowest BCUT2D eigenvalue weighted by molar-refractivity contribution is -0.384. The highest BCUT2D eigenvalue weighted by Gasteiger charge is 2.25. The van der Waals surface area contributed by atoms with Gasteiger partial charge in [-0.15, -0.1) is 0 Å². The molecule has 3 aromatic carbocycles. The standard InChI is InChI=1S/C30H22FN3O7/c1-17-2-5-20(6-3-17)29-32-28(33-41-29)23-11-4-18(15-24(23)31)14-21(30(36)37)16-25(35)27-13-12-26(40-27)19-7-9-22(10-8-19)34(38)39/h2-13,15,21H,14,16H2,1H3,(H,36,37). The van der Waals surface area contributed by atoms with Crippen molar-refractivity contribution >= 4 is 17.4 Å². The average molecular weight is 556 g/mol. The Morgan fingerprint density at radius 3 is 2.37 bits per heavy atom. The number of aryl methyl sites for hydroxylation is 1. The third kappa shape index (κ3) is 6.09. The van der Waals surface area contributed by atoms with Gasteiger partial charge in [0.2, 0.25) is 5.82 Å². The molecular weight excluding hydrogens is 533 g/mol. The number of halogens is 1. The molecule has 0 fully saturated rings. The Balaban J connectivity index is 1.27. The number of hydrogen-bond acceptors (Lipinski definition) is 8. The smallest absolute Gasteiger partial charge is 0.307 e. The number of aromatic nitrogens is 2. The molecule has 0 bridgehead atoms. The lowest BCUT2D eigenvalue weighted by Crippen LogP contribution is -2.20. The summed E-state index contributed by atoms with van der Waals surface area (Å²) in [6, 6.07) is 20.2. The number of nitrogens with zero attached hydrogens (tertiary/aromatic N) is 3. The van der Waals surface area contributed by atoms with Gasteiger partial charge in [0.25, 0.3) is 11.6 Å². The Morgan fingerprint density at radius 1 is 1.00 bits per heavy atom. The average Bonchev–Trinajstić information content (AvgIpc) is 3.64. The van der Waals surface area contributed by atoms with Crippen molar-refractivity contribution in [3.8, 4) is 34.2 Å². The predicted molar refractivity (Wildman–Crippen MR) is 144 cm³/mol. The van der Waals surface area contributed by atoms with Gasteiger partial charge in [0.05, 0.1) is 16.4 Å². The molecule has 11 heteroatoms. The highest BCUT2D eigenvalue weighted by atomic mass is 19.1. The monoisotopic (exact) mass is 555 g/mol. The summed E-state index contributed by atoms with van der Waals surface area (Å²) in [6.45, 7) is 1.95. The highest BCUT2D eigenvalue weighted by molar-refractivity contribution is 5.96. The van der Waals surface area contributed by atoms with Crippen molar-refractivity contribution < 1.29 is 32.9 Å². The van der Waals surface area contributed by atoms with E-state index in [2.05, 4.69) is 10.1 Å². The van der Waals surface area contributed by atoms with Crippen LogP contribution in [-0.4, -0.2) is 31.9 Å². The summed E-state index contributed by atoms with van der Waals surface area (Å²) in [5.41, 5.74) is 2.65. The Bertz CT molecular complexity index is 1740. The number of ketones is 1. The van der Waals surface area contributed by atoms with Crippen molar-refractivity contribution in [3.05, 3.63) is 112 Å². The molecule has 2 heterocycles. The number of hydrogen-bond donors (Lipinski definition) is 1. The van der Waals surface area contributed by atoms with Crippen molar-refractivity contribution in [3.63, 3.8) is 0 Å². The van der Waals surface area contributed by atoms with Crippen LogP contribution in [-0.2, 0) is 11.2 Å². The van der Waals surface area contributed by atoms with Gasteiger partial charge in [0, 0.05) is 29.7 Å². The minimum Gasteiger partial charge on any atom is -0.481 e. The third-order valence-electron chi connectivity index (χ3n) is 6.51. The minimum atomic E-state index is -1.22. The summed E-state index contributed by atoms with van der Waals surface area (Å²) in [5, 5.41) is 24.5. The maximum absolute atomic E-state index is 15.0. The molecule has 1 N–H and O–H groups in total. The zero-order chi connectivity index (χ0) is 29.1. The van der Waals surface area contributed by atoms with Crippen LogP contribution in [0.15, 0.2) is 87.8 Å². The molecule has 1 atom stereocenters. The number of carboxylic acid groups (broad SMARTS) is 1. The second-order valence-electron chi connectivity index (χ2n) is 9.44. The lowest BCUT2D eigenvalue weighted by Gasteiger charge is -2.12. The summed E-state index contributed by atoms with van der Waals surface area (Å²) in [7, 11) is 0. The summed E-state index contributed by atoms with van der Waals surface area (Å²) in [6.07, 6.45) is -0.480. The number of furan rings is 1. The summed E-state index contributed by atoms with van der Waals surface area (Å²) in [5.74, 6) is -3.01. The fourth-order valence-electron chi connectivity index (χ4n) is 4.26. The van der Waals surface area contributed by atoms with E-state index in [9.17, 15) is 24.8 Å². The third-order valence-corrected chi connectivity index (χ3v) is 6.51. The zero-order valence-corrected chi connectivity index (χ0v) is 21.6. The predicted octanol–water partition coefficient (Wildman–Crippen LogP) is 6.54. The molecule has 5 rings (SSSR count). The van der Waals surface area contributed by atoms with Gasteiger partial charge in [0.1, 0.15) is 11.6 Å². The number of nitro benzene ring substituents is 1. The molecule has 1 unspecified atom stereocenters. The molecule has 0 aliphatic heterocycles. The van der Waals surface area contributed by atoms with Crippen LogP contribution in [0.3, 0.4) is 0 Å². The maximum Gasteiger partial charge on any atom is 0.307 e. The van der Waals surface area contributed by atoms with E-state index >= 15 is 4.39 Å². The van der Waals surface area contributed by atoms with Crippen molar-refractivity contribution in [1.82, 2.24) is 10.1 Å². The number of non-ortho nitro benzene ring substituents is 1. The van der Waals surface area contributed by atoms with E-state index in [1.165, 1.54) is 48.5 Å². The van der Waals surface area contributed by atoms with Gasteiger partial charge in [0.15, 0.2) is 11.5 Å². The summed E-state index contributed by atoms with van der Waals surface area (Å²) < 4.78 is 25.9. The Labute approximate surface area is 232 Å². The molecule has 41 heavy (non-hydrogen) atoms. The van der Waals surface area contributed by atoms with Crippen molar-refractivity contribution in [2.45, 2.75) is 19.8 Å². The van der Waals surface area contributed by atoms with Crippen molar-refractivity contribution in [1.29, 1.82) is 0 Å². The first kappa shape index (κ1) is 27.1. The molecule has 10 nitrogen and oxygen atoms in total. The summed E-state index contributed by atoms with van der Waals surface area (Å²) in [4.78, 5) is 39.4. The Kier molecular flexibility index (Phi) is 7.51.